The van der Waals surface area contributed by atoms with Gasteiger partial charge in [-0.05, 0) is 84.7 Å². The van der Waals surface area contributed by atoms with Crippen LogP contribution in [0.2, 0.25) is 0 Å². The molecule has 0 amide bonds. The zero-order valence-electron chi connectivity index (χ0n) is 20.0. The SMILES string of the molecule is C=C(NCc1c(C)cc(C)[nH]c1=O)c1csc(N(CC)[C@H]2CC[C@H](N(C)C)CC2)c1C. The van der Waals surface area contributed by atoms with E-state index in [0.717, 1.165) is 34.6 Å². The summed E-state index contributed by atoms with van der Waals surface area (Å²) in [4.78, 5) is 20.2. The van der Waals surface area contributed by atoms with Crippen LogP contribution in [0.25, 0.3) is 5.70 Å². The zero-order valence-corrected chi connectivity index (χ0v) is 20.8. The summed E-state index contributed by atoms with van der Waals surface area (Å²) in [5.74, 6) is 0. The summed E-state index contributed by atoms with van der Waals surface area (Å²) in [7, 11) is 4.39. The van der Waals surface area contributed by atoms with E-state index >= 15 is 0 Å². The van der Waals surface area contributed by atoms with Crippen molar-refractivity contribution in [2.24, 2.45) is 0 Å². The maximum absolute atomic E-state index is 12.3. The van der Waals surface area contributed by atoms with Crippen LogP contribution < -0.4 is 15.8 Å². The highest BCUT2D eigenvalue weighted by atomic mass is 32.1. The summed E-state index contributed by atoms with van der Waals surface area (Å²) in [6.45, 7) is 14.1. The molecule has 2 heterocycles. The van der Waals surface area contributed by atoms with Crippen LogP contribution in [0.5, 0.6) is 0 Å². The molecule has 0 aliphatic heterocycles. The van der Waals surface area contributed by atoms with Gasteiger partial charge in [-0.3, -0.25) is 4.79 Å². The average Bonchev–Trinajstić information content (AvgIpc) is 3.09. The fourth-order valence-corrected chi connectivity index (χ4v) is 6.08. The van der Waals surface area contributed by atoms with Crippen LogP contribution in [0.4, 0.5) is 5.00 Å². The van der Waals surface area contributed by atoms with E-state index in [2.05, 4.69) is 60.0 Å². The number of aromatic amines is 1. The lowest BCUT2D eigenvalue weighted by Crippen LogP contribution is -2.42. The van der Waals surface area contributed by atoms with Gasteiger partial charge in [-0.1, -0.05) is 6.58 Å². The summed E-state index contributed by atoms with van der Waals surface area (Å²) in [5.41, 5.74) is 5.97. The predicted octanol–water partition coefficient (Wildman–Crippen LogP) is 4.82. The normalized spacial score (nSPS) is 18.9. The van der Waals surface area contributed by atoms with Gasteiger partial charge >= 0.3 is 0 Å². The van der Waals surface area contributed by atoms with E-state index in [-0.39, 0.29) is 5.56 Å². The van der Waals surface area contributed by atoms with E-state index in [1.54, 1.807) is 0 Å². The number of hydrogen-bond donors (Lipinski definition) is 2. The molecule has 5 nitrogen and oxygen atoms in total. The Labute approximate surface area is 191 Å². The molecule has 1 saturated carbocycles. The van der Waals surface area contributed by atoms with Gasteiger partial charge in [0.25, 0.3) is 5.56 Å². The van der Waals surface area contributed by atoms with Crippen molar-refractivity contribution in [3.63, 3.8) is 0 Å². The summed E-state index contributed by atoms with van der Waals surface area (Å²) in [6, 6.07) is 3.34. The van der Waals surface area contributed by atoms with Crippen molar-refractivity contribution in [2.45, 2.75) is 72.0 Å². The molecule has 0 bridgehead atoms. The average molecular weight is 443 g/mol. The Morgan fingerprint density at radius 1 is 1.19 bits per heavy atom. The van der Waals surface area contributed by atoms with Crippen LogP contribution in [0, 0.1) is 20.8 Å². The first-order valence-electron chi connectivity index (χ1n) is 11.4. The molecule has 1 fully saturated rings. The number of hydrogen-bond acceptors (Lipinski definition) is 5. The highest BCUT2D eigenvalue weighted by Crippen LogP contribution is 2.37. The van der Waals surface area contributed by atoms with Gasteiger partial charge in [0.05, 0.1) is 5.00 Å². The molecule has 3 rings (SSSR count). The fourth-order valence-electron chi connectivity index (χ4n) is 4.83. The summed E-state index contributed by atoms with van der Waals surface area (Å²) < 4.78 is 0. The maximum Gasteiger partial charge on any atom is 0.253 e. The first-order chi connectivity index (χ1) is 14.7. The molecule has 2 N–H and O–H groups in total. The van der Waals surface area contributed by atoms with Crippen LogP contribution in [0.1, 0.15) is 60.6 Å². The minimum Gasteiger partial charge on any atom is -0.381 e. The maximum atomic E-state index is 12.3. The molecule has 31 heavy (non-hydrogen) atoms. The summed E-state index contributed by atoms with van der Waals surface area (Å²) >= 11 is 1.81. The molecule has 1 aliphatic carbocycles. The Kier molecular flexibility index (Phi) is 7.65. The molecule has 2 aromatic heterocycles. The monoisotopic (exact) mass is 442 g/mol. The predicted molar refractivity (Wildman–Crippen MR) is 134 cm³/mol. The third kappa shape index (κ3) is 5.24. The summed E-state index contributed by atoms with van der Waals surface area (Å²) in [5, 5.41) is 6.96. The highest BCUT2D eigenvalue weighted by Gasteiger charge is 2.28. The van der Waals surface area contributed by atoms with Gasteiger partial charge in [-0.2, -0.15) is 0 Å². The Hall–Kier alpha value is -2.05. The first-order valence-corrected chi connectivity index (χ1v) is 12.2. The fraction of sp³-hybridized carbons (Fsp3) is 0.560. The number of pyridine rings is 1. The van der Waals surface area contributed by atoms with Crippen LogP contribution in [-0.4, -0.2) is 42.6 Å². The number of nitrogens with zero attached hydrogens (tertiary/aromatic N) is 2. The quantitative estimate of drug-likeness (QED) is 0.615. The lowest BCUT2D eigenvalue weighted by atomic mass is 9.89. The van der Waals surface area contributed by atoms with Gasteiger partial charge in [-0.25, -0.2) is 0 Å². The molecule has 0 spiro atoms. The van der Waals surface area contributed by atoms with Crippen LogP contribution in [-0.2, 0) is 6.54 Å². The van der Waals surface area contributed by atoms with Crippen molar-refractivity contribution in [3.05, 3.63) is 56.3 Å². The number of thiophene rings is 1. The van der Waals surface area contributed by atoms with Gasteiger partial charge < -0.3 is 20.1 Å². The highest BCUT2D eigenvalue weighted by molar-refractivity contribution is 7.14. The second kappa shape index (κ2) is 10.0. The number of rotatable bonds is 8. The van der Waals surface area contributed by atoms with Gasteiger partial charge in [-0.15, -0.1) is 11.3 Å². The molecule has 2 aromatic rings. The smallest absolute Gasteiger partial charge is 0.253 e. The van der Waals surface area contributed by atoms with Crippen molar-refractivity contribution in [1.82, 2.24) is 15.2 Å². The molecule has 0 atom stereocenters. The van der Waals surface area contributed by atoms with E-state index in [0.29, 0.717) is 18.6 Å². The second-order valence-electron chi connectivity index (χ2n) is 9.07. The number of nitrogens with one attached hydrogen (secondary N) is 2. The van der Waals surface area contributed by atoms with Crippen molar-refractivity contribution in [3.8, 4) is 0 Å². The van der Waals surface area contributed by atoms with Gasteiger partial charge in [0.2, 0.25) is 0 Å². The standard InChI is InChI=1S/C25H38N4OS/c1-8-29(21-11-9-20(10-12-21)28(6)7)25-18(4)23(15-31-25)19(5)26-14-22-16(2)13-17(3)27-24(22)30/h13,15,20-21,26H,5,8-12,14H2,1-4,6-7H3,(H,27,30)/t20-,21-. The second-order valence-corrected chi connectivity index (χ2v) is 9.92. The minimum absolute atomic E-state index is 0.0222. The lowest BCUT2D eigenvalue weighted by molar-refractivity contribution is 0.214. The molecule has 6 heteroatoms. The van der Waals surface area contributed by atoms with E-state index in [1.807, 2.05) is 31.3 Å². The lowest BCUT2D eigenvalue weighted by Gasteiger charge is -2.39. The van der Waals surface area contributed by atoms with E-state index in [1.165, 1.54) is 36.2 Å². The molecule has 170 valence electrons. The number of anilines is 1. The van der Waals surface area contributed by atoms with Gasteiger partial charge in [0, 0.05) is 53.1 Å². The first kappa shape index (κ1) is 23.6. The number of aryl methyl sites for hydroxylation is 2. The molecule has 0 unspecified atom stereocenters. The molecule has 0 radical (unpaired) electrons. The molecule has 0 aromatic carbocycles. The largest absolute Gasteiger partial charge is 0.381 e. The Morgan fingerprint density at radius 2 is 1.84 bits per heavy atom. The molecular weight excluding hydrogens is 404 g/mol. The molecule has 0 saturated heterocycles. The Bertz CT molecular complexity index is 966. The topological polar surface area (TPSA) is 51.4 Å². The van der Waals surface area contributed by atoms with Gasteiger partial charge in [0.15, 0.2) is 0 Å². The van der Waals surface area contributed by atoms with E-state index in [4.69, 9.17) is 0 Å². The van der Waals surface area contributed by atoms with Crippen molar-refractivity contribution >= 4 is 22.0 Å². The van der Waals surface area contributed by atoms with Crippen molar-refractivity contribution in [2.75, 3.05) is 25.5 Å². The van der Waals surface area contributed by atoms with Gasteiger partial charge in [0.1, 0.15) is 0 Å². The molecular formula is C25H38N4OS. The van der Waals surface area contributed by atoms with Crippen molar-refractivity contribution in [1.29, 1.82) is 0 Å². The van der Waals surface area contributed by atoms with E-state index in [9.17, 15) is 4.79 Å². The van der Waals surface area contributed by atoms with Crippen LogP contribution in [0.3, 0.4) is 0 Å². The Balaban J connectivity index is 1.70. The third-order valence-corrected chi connectivity index (χ3v) is 7.87. The third-order valence-electron chi connectivity index (χ3n) is 6.75. The Morgan fingerprint density at radius 3 is 2.42 bits per heavy atom. The van der Waals surface area contributed by atoms with E-state index < -0.39 is 0 Å². The number of H-pyrrole nitrogens is 1. The number of aromatic nitrogens is 1. The zero-order chi connectivity index (χ0) is 22.7. The summed E-state index contributed by atoms with van der Waals surface area (Å²) in [6.07, 6.45) is 5.03. The van der Waals surface area contributed by atoms with Crippen LogP contribution >= 0.6 is 11.3 Å². The molecule has 1 aliphatic rings. The van der Waals surface area contributed by atoms with Crippen molar-refractivity contribution < 1.29 is 0 Å². The van der Waals surface area contributed by atoms with Crippen LogP contribution in [0.15, 0.2) is 22.8 Å². The minimum atomic E-state index is -0.0222.